The number of carbonyl (C=O) groups excluding carboxylic acids is 4. The summed E-state index contributed by atoms with van der Waals surface area (Å²) in [5, 5.41) is 7.91. The summed E-state index contributed by atoms with van der Waals surface area (Å²) in [7, 11) is 0. The summed E-state index contributed by atoms with van der Waals surface area (Å²) in [5.41, 5.74) is 2.21. The first kappa shape index (κ1) is 34.2. The highest BCUT2D eigenvalue weighted by atomic mass is 19.1. The lowest BCUT2D eigenvalue weighted by Crippen LogP contribution is -2.47. The summed E-state index contributed by atoms with van der Waals surface area (Å²) in [6.07, 6.45) is 1.26. The van der Waals surface area contributed by atoms with Crippen LogP contribution in [0.5, 0.6) is 0 Å². The summed E-state index contributed by atoms with van der Waals surface area (Å²) in [6.45, 7) is 5.54. The van der Waals surface area contributed by atoms with Crippen molar-refractivity contribution in [2.24, 2.45) is 5.92 Å². The molecule has 0 saturated carbocycles. The van der Waals surface area contributed by atoms with Crippen molar-refractivity contribution in [1.29, 1.82) is 0 Å². The number of aryl methyl sites for hydroxylation is 2. The van der Waals surface area contributed by atoms with E-state index in [1.54, 1.807) is 12.1 Å². The Morgan fingerprint density at radius 3 is 2.11 bits per heavy atom. The SMILES string of the molecule is CC(C)(C)NC(=O)C[C@H](CC(=O)CCc1ccccc1)C(=O)N[C@@H](Cc1ccc(F)cc1)C(=O)CCc1cccc2ccccc12. The minimum Gasteiger partial charge on any atom is -0.351 e. The number of ketones is 2. The number of carbonyl (C=O) groups is 4. The van der Waals surface area contributed by atoms with Gasteiger partial charge in [-0.1, -0.05) is 84.9 Å². The van der Waals surface area contributed by atoms with Gasteiger partial charge in [-0.15, -0.1) is 0 Å². The lowest BCUT2D eigenvalue weighted by molar-refractivity contribution is -0.135. The Hall–Kier alpha value is -4.65. The number of hydrogen-bond acceptors (Lipinski definition) is 4. The van der Waals surface area contributed by atoms with E-state index in [1.807, 2.05) is 93.6 Å². The van der Waals surface area contributed by atoms with Crippen molar-refractivity contribution in [3.63, 3.8) is 0 Å². The van der Waals surface area contributed by atoms with Crippen LogP contribution in [0.1, 0.15) is 63.1 Å². The van der Waals surface area contributed by atoms with Gasteiger partial charge in [0.15, 0.2) is 5.78 Å². The van der Waals surface area contributed by atoms with Gasteiger partial charge in [0.2, 0.25) is 11.8 Å². The van der Waals surface area contributed by atoms with Crippen LogP contribution < -0.4 is 10.6 Å². The van der Waals surface area contributed by atoms with E-state index in [0.29, 0.717) is 18.4 Å². The minimum atomic E-state index is -0.952. The van der Waals surface area contributed by atoms with E-state index >= 15 is 0 Å². The van der Waals surface area contributed by atoms with Crippen LogP contribution in [0, 0.1) is 11.7 Å². The molecule has 4 rings (SSSR count). The minimum absolute atomic E-state index is 0.121. The van der Waals surface area contributed by atoms with Crippen LogP contribution in [0.25, 0.3) is 10.8 Å². The van der Waals surface area contributed by atoms with Crippen molar-refractivity contribution in [2.45, 2.75) is 77.3 Å². The molecule has 0 aliphatic carbocycles. The molecule has 7 heteroatoms. The predicted octanol–water partition coefficient (Wildman–Crippen LogP) is 6.72. The third-order valence-corrected chi connectivity index (χ3v) is 7.91. The Morgan fingerprint density at radius 2 is 1.39 bits per heavy atom. The van der Waals surface area contributed by atoms with Gasteiger partial charge >= 0.3 is 0 Å². The first-order valence-electron chi connectivity index (χ1n) is 15.9. The summed E-state index contributed by atoms with van der Waals surface area (Å²) in [5.74, 6) is -2.54. The Bertz CT molecular complexity index is 1640. The molecule has 0 bridgehead atoms. The van der Waals surface area contributed by atoms with Gasteiger partial charge in [-0.3, -0.25) is 19.2 Å². The van der Waals surface area contributed by atoms with Gasteiger partial charge in [-0.25, -0.2) is 4.39 Å². The van der Waals surface area contributed by atoms with E-state index in [9.17, 15) is 23.6 Å². The maximum Gasteiger partial charge on any atom is 0.224 e. The average molecular weight is 623 g/mol. The fourth-order valence-electron chi connectivity index (χ4n) is 5.59. The average Bonchev–Trinajstić information content (AvgIpc) is 3.02. The van der Waals surface area contributed by atoms with Crippen molar-refractivity contribution < 1.29 is 23.6 Å². The summed E-state index contributed by atoms with van der Waals surface area (Å²) >= 11 is 0. The second kappa shape index (κ2) is 16.1. The molecule has 2 amide bonds. The number of fused-ring (bicyclic) bond motifs is 1. The zero-order valence-electron chi connectivity index (χ0n) is 26.9. The molecular formula is C39H43FN2O4. The molecule has 0 aromatic heterocycles. The Balaban J connectivity index is 1.51. The molecule has 2 atom stereocenters. The second-order valence-corrected chi connectivity index (χ2v) is 12.9. The number of amides is 2. The standard InChI is InChI=1S/C39H43FN2O4/c1-39(2,3)42-37(45)26-31(25-33(43)22-18-27-10-5-4-6-11-27)38(46)41-35(24-28-16-20-32(40)21-17-28)36(44)23-19-30-14-9-13-29-12-7-8-15-34(29)30/h4-17,20-21,31,35H,18-19,22-26H2,1-3H3,(H,41,46)(H,42,45)/t31-,35-/m0/s1. The lowest BCUT2D eigenvalue weighted by Gasteiger charge is -2.24. The second-order valence-electron chi connectivity index (χ2n) is 12.9. The number of halogens is 1. The highest BCUT2D eigenvalue weighted by Crippen LogP contribution is 2.21. The molecule has 6 nitrogen and oxygen atoms in total. The molecule has 4 aromatic carbocycles. The van der Waals surface area contributed by atoms with Crippen LogP contribution in [0.2, 0.25) is 0 Å². The first-order chi connectivity index (χ1) is 22.0. The number of benzene rings is 4. The molecule has 0 radical (unpaired) electrons. The van der Waals surface area contributed by atoms with Crippen LogP contribution in [-0.4, -0.2) is 35.0 Å². The van der Waals surface area contributed by atoms with Gasteiger partial charge in [-0.05, 0) is 79.6 Å². The first-order valence-corrected chi connectivity index (χ1v) is 15.9. The van der Waals surface area contributed by atoms with Gasteiger partial charge in [0.05, 0.1) is 12.0 Å². The maximum atomic E-state index is 13.8. The molecule has 0 spiro atoms. The van der Waals surface area contributed by atoms with E-state index in [2.05, 4.69) is 10.6 Å². The lowest BCUT2D eigenvalue weighted by atomic mass is 9.92. The Labute approximate surface area is 270 Å². The number of nitrogens with one attached hydrogen (secondary N) is 2. The quantitative estimate of drug-likeness (QED) is 0.154. The van der Waals surface area contributed by atoms with Gasteiger partial charge in [0, 0.05) is 31.2 Å². The van der Waals surface area contributed by atoms with E-state index in [-0.39, 0.29) is 49.6 Å². The number of rotatable bonds is 15. The molecule has 2 N–H and O–H groups in total. The van der Waals surface area contributed by atoms with Gasteiger partial charge in [-0.2, -0.15) is 0 Å². The molecule has 0 unspecified atom stereocenters. The third-order valence-electron chi connectivity index (χ3n) is 7.91. The highest BCUT2D eigenvalue weighted by molar-refractivity contribution is 5.94. The third kappa shape index (κ3) is 10.8. The molecule has 240 valence electrons. The molecule has 0 heterocycles. The van der Waals surface area contributed by atoms with E-state index in [4.69, 9.17) is 0 Å². The normalized spacial score (nSPS) is 12.7. The number of Topliss-reactive ketones (excluding diaryl/α,β-unsaturated/α-hetero) is 2. The molecular weight excluding hydrogens is 579 g/mol. The van der Waals surface area contributed by atoms with Crippen LogP contribution in [0.4, 0.5) is 4.39 Å². The molecule has 0 saturated heterocycles. The molecule has 4 aromatic rings. The van der Waals surface area contributed by atoms with E-state index in [1.165, 1.54) is 12.1 Å². The van der Waals surface area contributed by atoms with Crippen molar-refractivity contribution in [3.05, 3.63) is 120 Å². The molecule has 0 fully saturated rings. The van der Waals surface area contributed by atoms with E-state index < -0.39 is 29.2 Å². The van der Waals surface area contributed by atoms with E-state index in [0.717, 1.165) is 21.9 Å². The van der Waals surface area contributed by atoms with Gasteiger partial charge < -0.3 is 10.6 Å². The van der Waals surface area contributed by atoms with Crippen LogP contribution in [0.3, 0.4) is 0 Å². The molecule has 0 aliphatic heterocycles. The zero-order chi connectivity index (χ0) is 33.1. The van der Waals surface area contributed by atoms with Crippen LogP contribution in [-0.2, 0) is 38.4 Å². The van der Waals surface area contributed by atoms with Gasteiger partial charge in [0.25, 0.3) is 0 Å². The van der Waals surface area contributed by atoms with Crippen molar-refractivity contribution in [3.8, 4) is 0 Å². The zero-order valence-corrected chi connectivity index (χ0v) is 26.9. The monoisotopic (exact) mass is 622 g/mol. The molecule has 46 heavy (non-hydrogen) atoms. The summed E-state index contributed by atoms with van der Waals surface area (Å²) in [4.78, 5) is 53.6. The molecule has 0 aliphatic rings. The summed E-state index contributed by atoms with van der Waals surface area (Å²) < 4.78 is 13.7. The van der Waals surface area contributed by atoms with Crippen LogP contribution in [0.15, 0.2) is 97.1 Å². The number of hydrogen-bond donors (Lipinski definition) is 2. The van der Waals surface area contributed by atoms with Gasteiger partial charge in [0.1, 0.15) is 11.6 Å². The fraction of sp³-hybridized carbons (Fsp3) is 0.333. The topological polar surface area (TPSA) is 92.3 Å². The summed E-state index contributed by atoms with van der Waals surface area (Å²) in [6, 6.07) is 28.5. The Kier molecular flexibility index (Phi) is 12.0. The predicted molar refractivity (Wildman–Crippen MR) is 180 cm³/mol. The highest BCUT2D eigenvalue weighted by Gasteiger charge is 2.30. The van der Waals surface area contributed by atoms with Crippen molar-refractivity contribution in [2.75, 3.05) is 0 Å². The Morgan fingerprint density at radius 1 is 0.717 bits per heavy atom. The van der Waals surface area contributed by atoms with Crippen molar-refractivity contribution >= 4 is 34.2 Å². The largest absolute Gasteiger partial charge is 0.351 e. The van der Waals surface area contributed by atoms with Crippen molar-refractivity contribution in [1.82, 2.24) is 10.6 Å². The van der Waals surface area contributed by atoms with Crippen LogP contribution >= 0.6 is 0 Å². The smallest absolute Gasteiger partial charge is 0.224 e. The maximum absolute atomic E-state index is 13.8. The fourth-order valence-corrected chi connectivity index (χ4v) is 5.59.